The topological polar surface area (TPSA) is 20.3 Å². The molecule has 0 radical (unpaired) electrons. The summed E-state index contributed by atoms with van der Waals surface area (Å²) in [4.78, 5) is 0. The standard InChI is InChI=1S/C10H11NOS/c12-13-8-4-7-11(13)9-10-5-2-1-3-6-10/h1-6,8H,7,9H2. The summed E-state index contributed by atoms with van der Waals surface area (Å²) >= 11 is 0. The third-order valence-electron chi connectivity index (χ3n) is 1.98. The van der Waals surface area contributed by atoms with Crippen molar-refractivity contribution in [2.45, 2.75) is 6.54 Å². The SMILES string of the molecule is O=S1C=CCN1Cc1ccccc1. The summed E-state index contributed by atoms with van der Waals surface area (Å²) in [6.07, 6.45) is 1.94. The molecule has 1 aromatic rings. The molecule has 0 amide bonds. The van der Waals surface area contributed by atoms with E-state index in [0.29, 0.717) is 0 Å². The van der Waals surface area contributed by atoms with Gasteiger partial charge in [0.15, 0.2) is 0 Å². The highest BCUT2D eigenvalue weighted by Crippen LogP contribution is 2.11. The van der Waals surface area contributed by atoms with E-state index in [0.717, 1.165) is 13.1 Å². The Labute approximate surface area is 80.5 Å². The van der Waals surface area contributed by atoms with E-state index in [1.807, 2.05) is 28.6 Å². The summed E-state index contributed by atoms with van der Waals surface area (Å²) in [5, 5.41) is 1.74. The number of nitrogens with zero attached hydrogens (tertiary/aromatic N) is 1. The summed E-state index contributed by atoms with van der Waals surface area (Å²) in [6, 6.07) is 10.1. The molecular formula is C10H11NOS. The zero-order valence-electron chi connectivity index (χ0n) is 7.22. The lowest BCUT2D eigenvalue weighted by Crippen LogP contribution is -2.19. The summed E-state index contributed by atoms with van der Waals surface area (Å²) in [5.41, 5.74) is 1.21. The molecule has 0 bridgehead atoms. The maximum absolute atomic E-state index is 11.3. The molecule has 1 atom stereocenters. The zero-order valence-corrected chi connectivity index (χ0v) is 8.04. The third kappa shape index (κ3) is 2.05. The predicted molar refractivity (Wildman–Crippen MR) is 54.1 cm³/mol. The molecule has 2 rings (SSSR count). The van der Waals surface area contributed by atoms with Gasteiger partial charge in [-0.2, -0.15) is 0 Å². The van der Waals surface area contributed by atoms with Gasteiger partial charge < -0.3 is 0 Å². The summed E-state index contributed by atoms with van der Waals surface area (Å²) < 4.78 is 13.3. The summed E-state index contributed by atoms with van der Waals surface area (Å²) in [5.74, 6) is 0. The molecule has 1 aliphatic heterocycles. The lowest BCUT2D eigenvalue weighted by atomic mass is 10.2. The Kier molecular flexibility index (Phi) is 2.57. The van der Waals surface area contributed by atoms with Crippen LogP contribution in [-0.2, 0) is 17.5 Å². The molecule has 0 saturated carbocycles. The van der Waals surface area contributed by atoms with E-state index in [1.165, 1.54) is 5.56 Å². The average molecular weight is 193 g/mol. The largest absolute Gasteiger partial charge is 0.238 e. The molecule has 1 unspecified atom stereocenters. The molecule has 0 fully saturated rings. The van der Waals surface area contributed by atoms with Crippen LogP contribution < -0.4 is 0 Å². The highest BCUT2D eigenvalue weighted by Gasteiger charge is 2.13. The fraction of sp³-hybridized carbons (Fsp3) is 0.200. The first kappa shape index (κ1) is 8.66. The van der Waals surface area contributed by atoms with E-state index < -0.39 is 11.0 Å². The minimum Gasteiger partial charge on any atom is -0.238 e. The zero-order chi connectivity index (χ0) is 9.10. The molecule has 3 heteroatoms. The molecule has 0 aliphatic carbocycles. The molecule has 1 aliphatic rings. The molecule has 68 valence electrons. The van der Waals surface area contributed by atoms with Crippen LogP contribution in [0.3, 0.4) is 0 Å². The second-order valence-electron chi connectivity index (χ2n) is 2.96. The lowest BCUT2D eigenvalue weighted by molar-refractivity contribution is 0.495. The van der Waals surface area contributed by atoms with Crippen LogP contribution in [0.4, 0.5) is 0 Å². The Morgan fingerprint density at radius 1 is 1.31 bits per heavy atom. The van der Waals surface area contributed by atoms with Gasteiger partial charge in [-0.1, -0.05) is 36.4 Å². The van der Waals surface area contributed by atoms with Gasteiger partial charge in [-0.05, 0) is 5.56 Å². The van der Waals surface area contributed by atoms with Crippen molar-refractivity contribution in [3.63, 3.8) is 0 Å². The molecule has 0 N–H and O–H groups in total. The first-order chi connectivity index (χ1) is 6.36. The molecule has 13 heavy (non-hydrogen) atoms. The lowest BCUT2D eigenvalue weighted by Gasteiger charge is -2.12. The van der Waals surface area contributed by atoms with Gasteiger partial charge in [0.1, 0.15) is 11.0 Å². The molecule has 0 aromatic heterocycles. The van der Waals surface area contributed by atoms with Crippen molar-refractivity contribution in [2.24, 2.45) is 0 Å². The first-order valence-corrected chi connectivity index (χ1v) is 5.39. The maximum Gasteiger partial charge on any atom is 0.120 e. The van der Waals surface area contributed by atoms with Crippen LogP contribution in [0.2, 0.25) is 0 Å². The normalized spacial score (nSPS) is 22.3. The van der Waals surface area contributed by atoms with Gasteiger partial charge in [0.05, 0.1) is 0 Å². The highest BCUT2D eigenvalue weighted by molar-refractivity contribution is 7.85. The molecule has 1 heterocycles. The number of benzene rings is 1. The Morgan fingerprint density at radius 2 is 2.08 bits per heavy atom. The fourth-order valence-corrected chi connectivity index (χ4v) is 2.25. The van der Waals surface area contributed by atoms with Crippen molar-refractivity contribution in [3.8, 4) is 0 Å². The molecular weight excluding hydrogens is 182 g/mol. The molecule has 0 saturated heterocycles. The summed E-state index contributed by atoms with van der Waals surface area (Å²) in [6.45, 7) is 1.56. The van der Waals surface area contributed by atoms with Crippen LogP contribution in [0.25, 0.3) is 0 Å². The Morgan fingerprint density at radius 3 is 2.69 bits per heavy atom. The smallest absolute Gasteiger partial charge is 0.120 e. The van der Waals surface area contributed by atoms with Gasteiger partial charge in [-0.15, -0.1) is 0 Å². The van der Waals surface area contributed by atoms with Gasteiger partial charge >= 0.3 is 0 Å². The van der Waals surface area contributed by atoms with E-state index >= 15 is 0 Å². The van der Waals surface area contributed by atoms with E-state index in [1.54, 1.807) is 5.41 Å². The number of hydrogen-bond acceptors (Lipinski definition) is 1. The second kappa shape index (κ2) is 3.85. The van der Waals surface area contributed by atoms with Crippen molar-refractivity contribution in [3.05, 3.63) is 47.4 Å². The fourth-order valence-electron chi connectivity index (χ4n) is 1.32. The first-order valence-electron chi connectivity index (χ1n) is 4.22. The van der Waals surface area contributed by atoms with E-state index in [-0.39, 0.29) is 0 Å². The maximum atomic E-state index is 11.3. The average Bonchev–Trinajstić information content (AvgIpc) is 2.54. The number of hydrogen-bond donors (Lipinski definition) is 0. The van der Waals surface area contributed by atoms with Crippen LogP contribution in [0, 0.1) is 0 Å². The van der Waals surface area contributed by atoms with Crippen LogP contribution in [0.1, 0.15) is 5.56 Å². The monoisotopic (exact) mass is 193 g/mol. The van der Waals surface area contributed by atoms with Crippen LogP contribution in [0.15, 0.2) is 41.8 Å². The third-order valence-corrected chi connectivity index (χ3v) is 3.19. The van der Waals surface area contributed by atoms with Gasteiger partial charge in [0.25, 0.3) is 0 Å². The second-order valence-corrected chi connectivity index (χ2v) is 4.30. The van der Waals surface area contributed by atoms with E-state index in [9.17, 15) is 4.21 Å². The van der Waals surface area contributed by atoms with Gasteiger partial charge in [-0.25, -0.2) is 8.51 Å². The van der Waals surface area contributed by atoms with E-state index in [2.05, 4.69) is 12.1 Å². The Balaban J connectivity index is 2.03. The Bertz CT molecular complexity index is 334. The van der Waals surface area contributed by atoms with Gasteiger partial charge in [0, 0.05) is 18.5 Å². The van der Waals surface area contributed by atoms with Crippen molar-refractivity contribution < 1.29 is 4.21 Å². The quantitative estimate of drug-likeness (QED) is 0.699. The van der Waals surface area contributed by atoms with E-state index in [4.69, 9.17) is 0 Å². The Hall–Kier alpha value is -0.930. The minimum absolute atomic E-state index is 0.764. The van der Waals surface area contributed by atoms with Crippen LogP contribution in [0.5, 0.6) is 0 Å². The van der Waals surface area contributed by atoms with Crippen LogP contribution >= 0.6 is 0 Å². The van der Waals surface area contributed by atoms with Crippen molar-refractivity contribution in [2.75, 3.05) is 6.54 Å². The predicted octanol–water partition coefficient (Wildman–Crippen LogP) is 1.68. The minimum atomic E-state index is -0.908. The molecule has 0 spiro atoms. The molecule has 1 aromatic carbocycles. The van der Waals surface area contributed by atoms with Crippen LogP contribution in [-0.4, -0.2) is 15.1 Å². The van der Waals surface area contributed by atoms with Crippen molar-refractivity contribution in [1.29, 1.82) is 0 Å². The highest BCUT2D eigenvalue weighted by atomic mass is 32.2. The van der Waals surface area contributed by atoms with Gasteiger partial charge in [0.2, 0.25) is 0 Å². The van der Waals surface area contributed by atoms with Crippen molar-refractivity contribution >= 4 is 11.0 Å². The van der Waals surface area contributed by atoms with Crippen molar-refractivity contribution in [1.82, 2.24) is 4.31 Å². The molecule has 2 nitrogen and oxygen atoms in total. The number of rotatable bonds is 2. The summed E-state index contributed by atoms with van der Waals surface area (Å²) in [7, 11) is -0.908. The van der Waals surface area contributed by atoms with Gasteiger partial charge in [-0.3, -0.25) is 0 Å².